The molecule has 2 aromatic rings. The molecule has 3 nitrogen and oxygen atoms in total. The number of aromatic nitrogens is 1. The van der Waals surface area contributed by atoms with Gasteiger partial charge >= 0.3 is 0 Å². The molecular weight excluding hydrogens is 265 g/mol. The molecule has 1 heterocycles. The van der Waals surface area contributed by atoms with Gasteiger partial charge in [0, 0.05) is 25.3 Å². The molecule has 1 aromatic heterocycles. The lowest BCUT2D eigenvalue weighted by Crippen LogP contribution is -2.34. The minimum absolute atomic E-state index is 0.0672. The van der Waals surface area contributed by atoms with Crippen molar-refractivity contribution in [2.75, 3.05) is 13.1 Å². The van der Waals surface area contributed by atoms with Crippen LogP contribution in [-0.4, -0.2) is 23.0 Å². The highest BCUT2D eigenvalue weighted by Crippen LogP contribution is 2.25. The van der Waals surface area contributed by atoms with E-state index in [1.165, 1.54) is 6.07 Å². The molecule has 0 amide bonds. The van der Waals surface area contributed by atoms with E-state index in [9.17, 15) is 4.39 Å². The number of benzene rings is 1. The molecule has 1 unspecified atom stereocenters. The highest BCUT2D eigenvalue weighted by molar-refractivity contribution is 5.30. The Kier molecular flexibility index (Phi) is 5.42. The topological polar surface area (TPSA) is 42.2 Å². The van der Waals surface area contributed by atoms with Crippen LogP contribution in [0.1, 0.15) is 29.8 Å². The highest BCUT2D eigenvalue weighted by Gasteiger charge is 2.20. The smallest absolute Gasteiger partial charge is 0.123 e. The van der Waals surface area contributed by atoms with Crippen LogP contribution in [0.15, 0.2) is 42.6 Å². The number of nitrogens with zero attached hydrogens (tertiary/aromatic N) is 2. The summed E-state index contributed by atoms with van der Waals surface area (Å²) < 4.78 is 13.3. The minimum atomic E-state index is -0.209. The van der Waals surface area contributed by atoms with E-state index in [0.717, 1.165) is 29.9 Å². The summed E-state index contributed by atoms with van der Waals surface area (Å²) in [6.45, 7) is 6.11. The van der Waals surface area contributed by atoms with E-state index < -0.39 is 0 Å². The Morgan fingerprint density at radius 2 is 2.10 bits per heavy atom. The summed E-state index contributed by atoms with van der Waals surface area (Å²) in [6.07, 6.45) is 1.80. The molecule has 0 aliphatic carbocycles. The molecule has 1 atom stereocenters. The Bertz CT molecular complexity index is 572. The maximum atomic E-state index is 13.3. The van der Waals surface area contributed by atoms with E-state index in [4.69, 9.17) is 5.73 Å². The first-order valence-electron chi connectivity index (χ1n) is 7.25. The summed E-state index contributed by atoms with van der Waals surface area (Å²) in [7, 11) is 0. The average Bonchev–Trinajstić information content (AvgIpc) is 2.49. The van der Waals surface area contributed by atoms with Crippen molar-refractivity contribution >= 4 is 0 Å². The predicted octanol–water partition coefficient (Wildman–Crippen LogP) is 3.05. The van der Waals surface area contributed by atoms with Crippen LogP contribution in [0.4, 0.5) is 4.39 Å². The van der Waals surface area contributed by atoms with Gasteiger partial charge in [0.05, 0.1) is 5.69 Å². The summed E-state index contributed by atoms with van der Waals surface area (Å²) in [4.78, 5) is 6.64. The molecule has 0 aliphatic rings. The van der Waals surface area contributed by atoms with Crippen molar-refractivity contribution in [1.29, 1.82) is 0 Å². The van der Waals surface area contributed by atoms with Gasteiger partial charge < -0.3 is 5.73 Å². The second-order valence-corrected chi connectivity index (χ2v) is 5.14. The van der Waals surface area contributed by atoms with Gasteiger partial charge in [0.2, 0.25) is 0 Å². The molecule has 1 aromatic carbocycles. The highest BCUT2D eigenvalue weighted by atomic mass is 19.1. The van der Waals surface area contributed by atoms with Crippen LogP contribution in [0.5, 0.6) is 0 Å². The first-order valence-corrected chi connectivity index (χ1v) is 7.25. The summed E-state index contributed by atoms with van der Waals surface area (Å²) >= 11 is 0. The number of rotatable bonds is 6. The third-order valence-electron chi connectivity index (χ3n) is 3.75. The van der Waals surface area contributed by atoms with E-state index in [1.54, 1.807) is 12.3 Å². The molecule has 4 heteroatoms. The molecule has 112 valence electrons. The molecule has 0 fully saturated rings. The fourth-order valence-electron chi connectivity index (χ4n) is 2.63. The number of halogens is 1. The van der Waals surface area contributed by atoms with Crippen LogP contribution < -0.4 is 5.73 Å². The van der Waals surface area contributed by atoms with Crippen molar-refractivity contribution in [1.82, 2.24) is 9.88 Å². The molecular formula is C17H22FN3. The number of hydrogen-bond donors (Lipinski definition) is 1. The third kappa shape index (κ3) is 3.86. The van der Waals surface area contributed by atoms with Gasteiger partial charge in [-0.1, -0.05) is 19.1 Å². The fraction of sp³-hybridized carbons (Fsp3) is 0.353. The van der Waals surface area contributed by atoms with Crippen LogP contribution in [0.25, 0.3) is 0 Å². The standard InChI is InChI=1S/C17H22FN3/c1-3-21(12-15-6-4-5-9-20-15)17(11-19)16-8-7-14(18)10-13(16)2/h4-10,17H,3,11-12,19H2,1-2H3. The van der Waals surface area contributed by atoms with Crippen molar-refractivity contribution in [3.8, 4) is 0 Å². The Morgan fingerprint density at radius 3 is 2.67 bits per heavy atom. The normalized spacial score (nSPS) is 12.6. The van der Waals surface area contributed by atoms with E-state index in [-0.39, 0.29) is 11.9 Å². The minimum Gasteiger partial charge on any atom is -0.329 e. The second-order valence-electron chi connectivity index (χ2n) is 5.14. The lowest BCUT2D eigenvalue weighted by atomic mass is 9.99. The summed E-state index contributed by atoms with van der Waals surface area (Å²) in [5.74, 6) is -0.209. The van der Waals surface area contributed by atoms with Gasteiger partial charge in [0.25, 0.3) is 0 Å². The maximum Gasteiger partial charge on any atom is 0.123 e. The average molecular weight is 287 g/mol. The lowest BCUT2D eigenvalue weighted by Gasteiger charge is -2.31. The molecule has 0 saturated carbocycles. The molecule has 0 bridgehead atoms. The first kappa shape index (κ1) is 15.6. The Labute approximate surface area is 125 Å². The van der Waals surface area contributed by atoms with Gasteiger partial charge in [-0.25, -0.2) is 4.39 Å². The summed E-state index contributed by atoms with van der Waals surface area (Å²) in [5.41, 5.74) is 9.01. The van der Waals surface area contributed by atoms with Gasteiger partial charge in [-0.3, -0.25) is 9.88 Å². The van der Waals surface area contributed by atoms with Crippen molar-refractivity contribution < 1.29 is 4.39 Å². The summed E-state index contributed by atoms with van der Waals surface area (Å²) in [5, 5.41) is 0. The monoisotopic (exact) mass is 287 g/mol. The van der Waals surface area contributed by atoms with Crippen LogP contribution in [0.3, 0.4) is 0 Å². The van der Waals surface area contributed by atoms with Gasteiger partial charge in [0.1, 0.15) is 5.82 Å². The lowest BCUT2D eigenvalue weighted by molar-refractivity contribution is 0.200. The van der Waals surface area contributed by atoms with Crippen molar-refractivity contribution in [3.63, 3.8) is 0 Å². The van der Waals surface area contributed by atoms with Crippen molar-refractivity contribution in [2.45, 2.75) is 26.4 Å². The van der Waals surface area contributed by atoms with Gasteiger partial charge in [0.15, 0.2) is 0 Å². The van der Waals surface area contributed by atoms with Crippen LogP contribution >= 0.6 is 0 Å². The van der Waals surface area contributed by atoms with E-state index in [1.807, 2.05) is 31.2 Å². The Hall–Kier alpha value is -1.78. The van der Waals surface area contributed by atoms with Crippen LogP contribution in [0.2, 0.25) is 0 Å². The quantitative estimate of drug-likeness (QED) is 0.888. The summed E-state index contributed by atoms with van der Waals surface area (Å²) in [6, 6.07) is 10.9. The van der Waals surface area contributed by atoms with Crippen LogP contribution in [-0.2, 0) is 6.54 Å². The van der Waals surface area contributed by atoms with Gasteiger partial charge in [-0.05, 0) is 48.9 Å². The molecule has 0 aliphatic heterocycles. The second kappa shape index (κ2) is 7.29. The molecule has 2 N–H and O–H groups in total. The SMILES string of the molecule is CCN(Cc1ccccn1)C(CN)c1ccc(F)cc1C. The number of nitrogens with two attached hydrogens (primary N) is 1. The fourth-order valence-corrected chi connectivity index (χ4v) is 2.63. The van der Waals surface area contributed by atoms with E-state index in [0.29, 0.717) is 6.54 Å². The van der Waals surface area contributed by atoms with Crippen LogP contribution in [0, 0.1) is 12.7 Å². The predicted molar refractivity (Wildman–Crippen MR) is 83.3 cm³/mol. The Balaban J connectivity index is 2.25. The molecule has 0 saturated heterocycles. The zero-order chi connectivity index (χ0) is 15.2. The molecule has 0 spiro atoms. The first-order chi connectivity index (χ1) is 10.2. The van der Waals surface area contributed by atoms with Crippen molar-refractivity contribution in [3.05, 3.63) is 65.2 Å². The largest absolute Gasteiger partial charge is 0.329 e. The van der Waals surface area contributed by atoms with Gasteiger partial charge in [-0.15, -0.1) is 0 Å². The van der Waals surface area contributed by atoms with Gasteiger partial charge in [-0.2, -0.15) is 0 Å². The van der Waals surface area contributed by atoms with E-state index >= 15 is 0 Å². The third-order valence-corrected chi connectivity index (χ3v) is 3.75. The molecule has 21 heavy (non-hydrogen) atoms. The number of aryl methyl sites for hydroxylation is 1. The molecule has 2 rings (SSSR count). The zero-order valence-electron chi connectivity index (χ0n) is 12.6. The Morgan fingerprint density at radius 1 is 1.29 bits per heavy atom. The zero-order valence-corrected chi connectivity index (χ0v) is 12.6. The van der Waals surface area contributed by atoms with E-state index in [2.05, 4.69) is 16.8 Å². The maximum absolute atomic E-state index is 13.3. The number of likely N-dealkylation sites (N-methyl/N-ethyl adjacent to an activating group) is 1. The number of pyridine rings is 1. The van der Waals surface area contributed by atoms with Crippen molar-refractivity contribution in [2.24, 2.45) is 5.73 Å². The number of hydrogen-bond acceptors (Lipinski definition) is 3. The molecule has 0 radical (unpaired) electrons.